The van der Waals surface area contributed by atoms with Crippen LogP contribution < -0.4 is 4.90 Å². The minimum Gasteiger partial charge on any atom is -0.362 e. The second-order valence-electron chi connectivity index (χ2n) is 2.71. The van der Waals surface area contributed by atoms with E-state index < -0.39 is 0 Å². The number of rotatable bonds is 2. The highest BCUT2D eigenvalue weighted by atomic mass is 16.1. The summed E-state index contributed by atoms with van der Waals surface area (Å²) in [5, 5.41) is 0. The van der Waals surface area contributed by atoms with Gasteiger partial charge < -0.3 is 4.90 Å². The van der Waals surface area contributed by atoms with Crippen molar-refractivity contribution in [3.63, 3.8) is 0 Å². The van der Waals surface area contributed by atoms with Gasteiger partial charge in [0.15, 0.2) is 5.78 Å². The SMILES string of the molecule is CC(=O)c1cncnc1N(C)C. The van der Waals surface area contributed by atoms with Gasteiger partial charge in [-0.15, -0.1) is 0 Å². The molecule has 0 saturated heterocycles. The summed E-state index contributed by atoms with van der Waals surface area (Å²) in [4.78, 5) is 20.6. The van der Waals surface area contributed by atoms with Gasteiger partial charge in [-0.3, -0.25) is 4.79 Å². The molecule has 4 nitrogen and oxygen atoms in total. The van der Waals surface area contributed by atoms with Crippen molar-refractivity contribution in [3.8, 4) is 0 Å². The predicted octanol–water partition coefficient (Wildman–Crippen LogP) is 0.745. The fourth-order valence-electron chi connectivity index (χ4n) is 0.928. The van der Waals surface area contributed by atoms with E-state index in [2.05, 4.69) is 9.97 Å². The maximum Gasteiger partial charge on any atom is 0.165 e. The summed E-state index contributed by atoms with van der Waals surface area (Å²) in [7, 11) is 3.68. The monoisotopic (exact) mass is 165 g/mol. The van der Waals surface area contributed by atoms with E-state index >= 15 is 0 Å². The van der Waals surface area contributed by atoms with E-state index in [1.54, 1.807) is 4.90 Å². The Balaban J connectivity index is 3.17. The predicted molar refractivity (Wildman–Crippen MR) is 46.4 cm³/mol. The Morgan fingerprint density at radius 3 is 2.58 bits per heavy atom. The summed E-state index contributed by atoms with van der Waals surface area (Å²) in [6, 6.07) is 0. The molecule has 0 atom stereocenters. The molecule has 1 aromatic rings. The first-order valence-electron chi connectivity index (χ1n) is 3.61. The molecule has 12 heavy (non-hydrogen) atoms. The molecule has 0 saturated carbocycles. The standard InChI is InChI=1S/C8H11N3O/c1-6(12)7-4-9-5-10-8(7)11(2)3/h4-5H,1-3H3. The summed E-state index contributed by atoms with van der Waals surface area (Å²) in [5.41, 5.74) is 0.558. The zero-order valence-corrected chi connectivity index (χ0v) is 7.40. The van der Waals surface area contributed by atoms with E-state index in [0.717, 1.165) is 0 Å². The first-order chi connectivity index (χ1) is 5.63. The summed E-state index contributed by atoms with van der Waals surface area (Å²) < 4.78 is 0. The summed E-state index contributed by atoms with van der Waals surface area (Å²) in [5.74, 6) is 0.650. The molecule has 0 aromatic carbocycles. The van der Waals surface area contributed by atoms with E-state index in [1.165, 1.54) is 19.4 Å². The van der Waals surface area contributed by atoms with Crippen molar-refractivity contribution in [1.29, 1.82) is 0 Å². The summed E-state index contributed by atoms with van der Waals surface area (Å²) in [6.07, 6.45) is 2.96. The molecular formula is C8H11N3O. The average Bonchev–Trinajstić information content (AvgIpc) is 2.04. The number of carbonyl (C=O) groups is 1. The lowest BCUT2D eigenvalue weighted by Gasteiger charge is -2.12. The zero-order chi connectivity index (χ0) is 9.14. The molecule has 4 heteroatoms. The van der Waals surface area contributed by atoms with Crippen LogP contribution in [0, 0.1) is 0 Å². The van der Waals surface area contributed by atoms with Crippen molar-refractivity contribution in [1.82, 2.24) is 9.97 Å². The van der Waals surface area contributed by atoms with E-state index in [1.807, 2.05) is 14.1 Å². The van der Waals surface area contributed by atoms with Gasteiger partial charge in [0.05, 0.1) is 5.56 Å². The van der Waals surface area contributed by atoms with Crippen LogP contribution in [0.3, 0.4) is 0 Å². The smallest absolute Gasteiger partial charge is 0.165 e. The average molecular weight is 165 g/mol. The van der Waals surface area contributed by atoms with Crippen molar-refractivity contribution in [2.45, 2.75) is 6.92 Å². The third-order valence-corrected chi connectivity index (χ3v) is 1.49. The Morgan fingerprint density at radius 1 is 1.50 bits per heavy atom. The van der Waals surface area contributed by atoms with Gasteiger partial charge in [0, 0.05) is 20.3 Å². The van der Waals surface area contributed by atoms with Gasteiger partial charge in [-0.05, 0) is 6.92 Å². The third kappa shape index (κ3) is 1.58. The van der Waals surface area contributed by atoms with Crippen LogP contribution in [-0.2, 0) is 0 Å². The van der Waals surface area contributed by atoms with Crippen molar-refractivity contribution >= 4 is 11.6 Å². The molecule has 1 aromatic heterocycles. The fourth-order valence-corrected chi connectivity index (χ4v) is 0.928. The number of Topliss-reactive ketones (excluding diaryl/α,β-unsaturated/α-hetero) is 1. The number of hydrogen-bond acceptors (Lipinski definition) is 4. The molecule has 0 unspecified atom stereocenters. The molecule has 1 rings (SSSR count). The molecule has 1 heterocycles. The van der Waals surface area contributed by atoms with Crippen LogP contribution in [0.4, 0.5) is 5.82 Å². The lowest BCUT2D eigenvalue weighted by atomic mass is 10.2. The van der Waals surface area contributed by atoms with Crippen LogP contribution in [0.15, 0.2) is 12.5 Å². The van der Waals surface area contributed by atoms with Gasteiger partial charge >= 0.3 is 0 Å². The van der Waals surface area contributed by atoms with Gasteiger partial charge in [-0.25, -0.2) is 9.97 Å². The molecule has 0 aliphatic carbocycles. The maximum absolute atomic E-state index is 11.1. The topological polar surface area (TPSA) is 46.1 Å². The Hall–Kier alpha value is -1.45. The van der Waals surface area contributed by atoms with Crippen LogP contribution in [0.25, 0.3) is 0 Å². The molecule has 0 N–H and O–H groups in total. The number of carbonyl (C=O) groups excluding carboxylic acids is 1. The first kappa shape index (κ1) is 8.64. The van der Waals surface area contributed by atoms with Gasteiger partial charge in [0.2, 0.25) is 0 Å². The van der Waals surface area contributed by atoms with E-state index in [4.69, 9.17) is 0 Å². The Morgan fingerprint density at radius 2 is 2.17 bits per heavy atom. The number of ketones is 1. The molecule has 0 fully saturated rings. The third-order valence-electron chi connectivity index (χ3n) is 1.49. The number of aromatic nitrogens is 2. The Labute approximate surface area is 71.3 Å². The van der Waals surface area contributed by atoms with Crippen molar-refractivity contribution in [3.05, 3.63) is 18.1 Å². The second kappa shape index (κ2) is 3.30. The fraction of sp³-hybridized carbons (Fsp3) is 0.375. The lowest BCUT2D eigenvalue weighted by Crippen LogP contribution is -2.15. The van der Waals surface area contributed by atoms with Gasteiger partial charge in [-0.2, -0.15) is 0 Å². The largest absolute Gasteiger partial charge is 0.362 e. The quantitative estimate of drug-likeness (QED) is 0.606. The van der Waals surface area contributed by atoms with E-state index in [-0.39, 0.29) is 5.78 Å². The van der Waals surface area contributed by atoms with Crippen LogP contribution >= 0.6 is 0 Å². The molecule has 0 radical (unpaired) electrons. The molecule has 0 aliphatic rings. The normalized spacial score (nSPS) is 9.58. The molecule has 0 bridgehead atoms. The van der Waals surface area contributed by atoms with Crippen molar-refractivity contribution in [2.24, 2.45) is 0 Å². The van der Waals surface area contributed by atoms with Crippen LogP contribution in [-0.4, -0.2) is 29.8 Å². The lowest BCUT2D eigenvalue weighted by molar-refractivity contribution is 0.101. The van der Waals surface area contributed by atoms with Gasteiger partial charge in [0.1, 0.15) is 12.1 Å². The van der Waals surface area contributed by atoms with Gasteiger partial charge in [-0.1, -0.05) is 0 Å². The maximum atomic E-state index is 11.1. The first-order valence-corrected chi connectivity index (χ1v) is 3.61. The summed E-state index contributed by atoms with van der Waals surface area (Å²) in [6.45, 7) is 1.51. The Kier molecular flexibility index (Phi) is 2.38. The van der Waals surface area contributed by atoms with Gasteiger partial charge in [0.25, 0.3) is 0 Å². The van der Waals surface area contributed by atoms with Crippen molar-refractivity contribution < 1.29 is 4.79 Å². The molecule has 0 spiro atoms. The highest BCUT2D eigenvalue weighted by Crippen LogP contribution is 2.12. The second-order valence-corrected chi connectivity index (χ2v) is 2.71. The zero-order valence-electron chi connectivity index (χ0n) is 7.40. The van der Waals surface area contributed by atoms with Crippen molar-refractivity contribution in [2.75, 3.05) is 19.0 Å². The Bertz CT molecular complexity index is 296. The van der Waals surface area contributed by atoms with Crippen LogP contribution in [0.5, 0.6) is 0 Å². The molecule has 0 aliphatic heterocycles. The number of nitrogens with zero attached hydrogens (tertiary/aromatic N) is 3. The van der Waals surface area contributed by atoms with Crippen LogP contribution in [0.1, 0.15) is 17.3 Å². The molecule has 64 valence electrons. The number of anilines is 1. The highest BCUT2D eigenvalue weighted by molar-refractivity contribution is 5.98. The van der Waals surface area contributed by atoms with E-state index in [0.29, 0.717) is 11.4 Å². The van der Waals surface area contributed by atoms with E-state index in [9.17, 15) is 4.79 Å². The minimum atomic E-state index is -0.0145. The molecule has 0 amide bonds. The summed E-state index contributed by atoms with van der Waals surface area (Å²) >= 11 is 0. The molecular weight excluding hydrogens is 154 g/mol. The van der Waals surface area contributed by atoms with Crippen LogP contribution in [0.2, 0.25) is 0 Å². The highest BCUT2D eigenvalue weighted by Gasteiger charge is 2.09. The minimum absolute atomic E-state index is 0.0145. The number of hydrogen-bond donors (Lipinski definition) is 0.